The minimum Gasteiger partial charge on any atom is -0.507 e. The maximum Gasteiger partial charge on any atom is 0.204 e. The number of Topliss-reactive ketones (excluding diaryl/α,β-unsaturated/α-hetero) is 1. The third-order valence-electron chi connectivity index (χ3n) is 3.68. The van der Waals surface area contributed by atoms with E-state index in [9.17, 15) is 25.2 Å². The standard InChI is InChI=1S/C16H14O7/c1-22-15-12(21)5-10(19)14-11(20)6-13(23-16(14)15)7-2-3-8(17)9(18)4-7/h2-5,13,17-19,21H,6H2,1H3. The fraction of sp³-hybridized carbons (Fsp3) is 0.188. The lowest BCUT2D eigenvalue weighted by atomic mass is 9.95. The molecule has 0 saturated heterocycles. The monoisotopic (exact) mass is 318 g/mol. The van der Waals surface area contributed by atoms with E-state index in [4.69, 9.17) is 9.47 Å². The van der Waals surface area contributed by atoms with Crippen LogP contribution in [0.15, 0.2) is 24.3 Å². The summed E-state index contributed by atoms with van der Waals surface area (Å²) in [4.78, 5) is 12.3. The van der Waals surface area contributed by atoms with E-state index >= 15 is 0 Å². The number of fused-ring (bicyclic) bond motifs is 1. The van der Waals surface area contributed by atoms with Crippen molar-refractivity contribution in [3.8, 4) is 34.5 Å². The molecule has 0 radical (unpaired) electrons. The summed E-state index contributed by atoms with van der Waals surface area (Å²) in [5.74, 6) is -1.88. The zero-order valence-corrected chi connectivity index (χ0v) is 12.1. The molecule has 0 amide bonds. The summed E-state index contributed by atoms with van der Waals surface area (Å²) >= 11 is 0. The van der Waals surface area contributed by atoms with E-state index in [0.717, 1.165) is 6.07 Å². The Labute approximate surface area is 131 Å². The van der Waals surface area contributed by atoms with Crippen LogP contribution >= 0.6 is 0 Å². The van der Waals surface area contributed by atoms with Gasteiger partial charge in [-0.15, -0.1) is 0 Å². The van der Waals surface area contributed by atoms with E-state index in [2.05, 4.69) is 0 Å². The van der Waals surface area contributed by atoms with Crippen LogP contribution in [0.2, 0.25) is 0 Å². The highest BCUT2D eigenvalue weighted by atomic mass is 16.5. The second-order valence-electron chi connectivity index (χ2n) is 5.13. The van der Waals surface area contributed by atoms with Crippen molar-refractivity contribution in [2.75, 3.05) is 7.11 Å². The molecule has 1 aliphatic rings. The summed E-state index contributed by atoms with van der Waals surface area (Å²) in [7, 11) is 1.30. The minimum atomic E-state index is -0.753. The molecular formula is C16H14O7. The lowest BCUT2D eigenvalue weighted by molar-refractivity contribution is 0.0836. The van der Waals surface area contributed by atoms with Crippen LogP contribution in [0.4, 0.5) is 0 Å². The summed E-state index contributed by atoms with van der Waals surface area (Å²) in [6.45, 7) is 0. The molecule has 1 atom stereocenters. The van der Waals surface area contributed by atoms with Crippen molar-refractivity contribution in [3.63, 3.8) is 0 Å². The summed E-state index contributed by atoms with van der Waals surface area (Å²) in [6, 6.07) is 5.09. The second-order valence-corrected chi connectivity index (χ2v) is 5.13. The number of rotatable bonds is 2. The molecule has 1 unspecified atom stereocenters. The first-order chi connectivity index (χ1) is 10.9. The lowest BCUT2D eigenvalue weighted by Gasteiger charge is -2.27. The Morgan fingerprint density at radius 2 is 1.78 bits per heavy atom. The summed E-state index contributed by atoms with van der Waals surface area (Å²) in [6.07, 6.45) is -0.824. The van der Waals surface area contributed by atoms with Gasteiger partial charge in [-0.1, -0.05) is 6.07 Å². The number of hydrogen-bond acceptors (Lipinski definition) is 7. The average molecular weight is 318 g/mol. The van der Waals surface area contributed by atoms with Crippen LogP contribution in [-0.2, 0) is 0 Å². The first-order valence-electron chi connectivity index (χ1n) is 6.77. The minimum absolute atomic E-state index is 0.0566. The molecule has 1 heterocycles. The molecule has 23 heavy (non-hydrogen) atoms. The third-order valence-corrected chi connectivity index (χ3v) is 3.68. The van der Waals surface area contributed by atoms with Crippen molar-refractivity contribution in [3.05, 3.63) is 35.4 Å². The first kappa shape index (κ1) is 14.8. The van der Waals surface area contributed by atoms with E-state index in [-0.39, 0.29) is 46.5 Å². The van der Waals surface area contributed by atoms with Crippen molar-refractivity contribution in [1.29, 1.82) is 0 Å². The Bertz CT molecular complexity index is 798. The van der Waals surface area contributed by atoms with E-state index in [0.29, 0.717) is 5.56 Å². The van der Waals surface area contributed by atoms with Gasteiger partial charge in [0.25, 0.3) is 0 Å². The number of benzene rings is 2. The largest absolute Gasteiger partial charge is 0.507 e. The van der Waals surface area contributed by atoms with Gasteiger partial charge in [-0.3, -0.25) is 4.79 Å². The normalized spacial score (nSPS) is 16.6. The molecule has 0 aromatic heterocycles. The van der Waals surface area contributed by atoms with Crippen LogP contribution < -0.4 is 9.47 Å². The highest BCUT2D eigenvalue weighted by Crippen LogP contribution is 2.49. The molecule has 7 heteroatoms. The number of aromatic hydroxyl groups is 4. The van der Waals surface area contributed by atoms with Gasteiger partial charge in [0.2, 0.25) is 5.75 Å². The van der Waals surface area contributed by atoms with Crippen LogP contribution in [-0.4, -0.2) is 33.3 Å². The average Bonchev–Trinajstić information content (AvgIpc) is 2.49. The molecule has 0 saturated carbocycles. The van der Waals surface area contributed by atoms with Gasteiger partial charge in [0, 0.05) is 6.07 Å². The van der Waals surface area contributed by atoms with Crippen LogP contribution in [0.1, 0.15) is 28.4 Å². The molecular weight excluding hydrogens is 304 g/mol. The SMILES string of the molecule is COc1c(O)cc(O)c2c1OC(c1ccc(O)c(O)c1)CC2=O. The lowest BCUT2D eigenvalue weighted by Crippen LogP contribution is -2.21. The summed E-state index contributed by atoms with van der Waals surface area (Å²) in [5.41, 5.74) is 0.406. The molecule has 0 fully saturated rings. The molecule has 0 spiro atoms. The van der Waals surface area contributed by atoms with Crippen molar-refractivity contribution in [2.24, 2.45) is 0 Å². The van der Waals surface area contributed by atoms with Gasteiger partial charge in [0.15, 0.2) is 28.8 Å². The Hall–Kier alpha value is -3.09. The van der Waals surface area contributed by atoms with Crippen molar-refractivity contribution in [1.82, 2.24) is 0 Å². The third kappa shape index (κ3) is 2.36. The topological polar surface area (TPSA) is 116 Å². The first-order valence-corrected chi connectivity index (χ1v) is 6.77. The van der Waals surface area contributed by atoms with Crippen LogP contribution in [0.3, 0.4) is 0 Å². The quantitative estimate of drug-likeness (QED) is 0.627. The van der Waals surface area contributed by atoms with Crippen LogP contribution in [0.25, 0.3) is 0 Å². The van der Waals surface area contributed by atoms with E-state index < -0.39 is 11.9 Å². The van der Waals surface area contributed by atoms with Gasteiger partial charge in [-0.2, -0.15) is 0 Å². The predicted molar refractivity (Wildman–Crippen MR) is 78.4 cm³/mol. The van der Waals surface area contributed by atoms with Gasteiger partial charge in [-0.05, 0) is 17.7 Å². The van der Waals surface area contributed by atoms with Gasteiger partial charge in [-0.25, -0.2) is 0 Å². The smallest absolute Gasteiger partial charge is 0.204 e. The van der Waals surface area contributed by atoms with Gasteiger partial charge in [0.1, 0.15) is 17.4 Å². The van der Waals surface area contributed by atoms with E-state index in [1.165, 1.54) is 25.3 Å². The van der Waals surface area contributed by atoms with E-state index in [1.54, 1.807) is 0 Å². The summed E-state index contributed by atoms with van der Waals surface area (Å²) in [5, 5.41) is 38.6. The molecule has 4 N–H and O–H groups in total. The Morgan fingerprint density at radius 1 is 1.04 bits per heavy atom. The van der Waals surface area contributed by atoms with Gasteiger partial charge >= 0.3 is 0 Å². The number of methoxy groups -OCH3 is 1. The Morgan fingerprint density at radius 3 is 2.43 bits per heavy atom. The van der Waals surface area contributed by atoms with Crippen LogP contribution in [0, 0.1) is 0 Å². The van der Waals surface area contributed by atoms with Crippen molar-refractivity contribution < 1.29 is 34.7 Å². The van der Waals surface area contributed by atoms with Gasteiger partial charge in [0.05, 0.1) is 13.5 Å². The Balaban J connectivity index is 2.09. The predicted octanol–water partition coefficient (Wildman–Crippen LogP) is 2.22. The number of phenolic OH excluding ortho intramolecular Hbond substituents is 4. The second kappa shape index (κ2) is 5.28. The molecule has 1 aliphatic heterocycles. The number of ether oxygens (including phenoxy) is 2. The molecule has 0 aliphatic carbocycles. The molecule has 2 aromatic carbocycles. The fourth-order valence-electron chi connectivity index (χ4n) is 2.57. The van der Waals surface area contributed by atoms with E-state index in [1.807, 2.05) is 0 Å². The number of ketones is 1. The molecule has 120 valence electrons. The molecule has 3 rings (SSSR count). The summed E-state index contributed by atoms with van der Waals surface area (Å²) < 4.78 is 10.8. The molecule has 2 aromatic rings. The molecule has 7 nitrogen and oxygen atoms in total. The zero-order chi connectivity index (χ0) is 16.7. The number of carbonyl (C=O) groups excluding carboxylic acids is 1. The highest BCUT2D eigenvalue weighted by Gasteiger charge is 2.34. The number of hydrogen-bond donors (Lipinski definition) is 4. The Kier molecular flexibility index (Phi) is 3.40. The zero-order valence-electron chi connectivity index (χ0n) is 12.1. The highest BCUT2D eigenvalue weighted by molar-refractivity contribution is 6.03. The number of carbonyl (C=O) groups is 1. The maximum atomic E-state index is 12.3. The van der Waals surface area contributed by atoms with Crippen LogP contribution in [0.5, 0.6) is 34.5 Å². The van der Waals surface area contributed by atoms with Gasteiger partial charge < -0.3 is 29.9 Å². The van der Waals surface area contributed by atoms with Crippen molar-refractivity contribution >= 4 is 5.78 Å². The number of phenols is 4. The van der Waals surface area contributed by atoms with Crippen molar-refractivity contribution in [2.45, 2.75) is 12.5 Å². The maximum absolute atomic E-state index is 12.3. The molecule has 0 bridgehead atoms. The fourth-order valence-corrected chi connectivity index (χ4v) is 2.57.